The Labute approximate surface area is 178 Å². The highest BCUT2D eigenvalue weighted by atomic mass is 16.5. The van der Waals surface area contributed by atoms with Gasteiger partial charge in [0.15, 0.2) is 5.69 Å². The Kier molecular flexibility index (Phi) is 5.75. The molecule has 1 fully saturated rings. The molecule has 162 valence electrons. The van der Waals surface area contributed by atoms with Gasteiger partial charge in [-0.05, 0) is 24.3 Å². The monoisotopic (exact) mass is 424 g/mol. The summed E-state index contributed by atoms with van der Waals surface area (Å²) in [6.45, 7) is 3.59. The van der Waals surface area contributed by atoms with Crippen molar-refractivity contribution in [2.45, 2.75) is 32.9 Å². The molecule has 0 bridgehead atoms. The van der Waals surface area contributed by atoms with Gasteiger partial charge in [-0.2, -0.15) is 0 Å². The van der Waals surface area contributed by atoms with E-state index in [0.717, 1.165) is 18.4 Å². The van der Waals surface area contributed by atoms with Crippen molar-refractivity contribution in [3.63, 3.8) is 0 Å². The Morgan fingerprint density at radius 3 is 2.55 bits per heavy atom. The number of carboxylic acid groups (broad SMARTS) is 1. The van der Waals surface area contributed by atoms with E-state index in [1.165, 1.54) is 15.2 Å². The summed E-state index contributed by atoms with van der Waals surface area (Å²) in [6, 6.07) is 9.13. The Balaban J connectivity index is 1.62. The molecule has 0 aliphatic carbocycles. The second-order valence-corrected chi connectivity index (χ2v) is 7.83. The van der Waals surface area contributed by atoms with Crippen molar-refractivity contribution in [1.82, 2.24) is 18.9 Å². The van der Waals surface area contributed by atoms with Crippen LogP contribution in [0.15, 0.2) is 47.5 Å². The number of aromatic carboxylic acids is 1. The van der Waals surface area contributed by atoms with E-state index in [9.17, 15) is 19.5 Å². The lowest BCUT2D eigenvalue weighted by Crippen LogP contribution is -2.39. The minimum Gasteiger partial charge on any atom is -0.481 e. The topological polar surface area (TPSA) is 106 Å². The number of hydrogen-bond acceptors (Lipinski definition) is 5. The minimum absolute atomic E-state index is 0.0133. The molecule has 3 heterocycles. The fraction of sp³-hybridized carbons (Fsp3) is 0.364. The number of carbonyl (C=O) groups is 2. The van der Waals surface area contributed by atoms with Gasteiger partial charge in [0, 0.05) is 25.5 Å². The fourth-order valence-electron chi connectivity index (χ4n) is 3.69. The zero-order valence-corrected chi connectivity index (χ0v) is 17.2. The second kappa shape index (κ2) is 8.63. The zero-order chi connectivity index (χ0) is 22.0. The van der Waals surface area contributed by atoms with Crippen LogP contribution in [0, 0.1) is 5.92 Å². The molecular weight excluding hydrogens is 400 g/mol. The Morgan fingerprint density at radius 2 is 1.87 bits per heavy atom. The predicted octanol–water partition coefficient (Wildman–Crippen LogP) is 2.03. The molecule has 0 atom stereocenters. The lowest BCUT2D eigenvalue weighted by Gasteiger charge is -2.30. The number of piperidine rings is 1. The van der Waals surface area contributed by atoms with Gasteiger partial charge in [0.2, 0.25) is 17.4 Å². The van der Waals surface area contributed by atoms with Gasteiger partial charge in [-0.15, -0.1) is 0 Å². The fourth-order valence-corrected chi connectivity index (χ4v) is 3.69. The molecule has 0 saturated carbocycles. The van der Waals surface area contributed by atoms with Crippen LogP contribution in [0.5, 0.6) is 5.75 Å². The van der Waals surface area contributed by atoms with Crippen LogP contribution in [0.2, 0.25) is 0 Å². The maximum Gasteiger partial charge on any atom is 0.358 e. The molecule has 1 aliphatic heterocycles. The van der Waals surface area contributed by atoms with Crippen molar-refractivity contribution >= 4 is 17.7 Å². The predicted molar refractivity (Wildman–Crippen MR) is 112 cm³/mol. The van der Waals surface area contributed by atoms with E-state index in [4.69, 9.17) is 4.74 Å². The Hall–Kier alpha value is -3.62. The van der Waals surface area contributed by atoms with Gasteiger partial charge >= 0.3 is 11.5 Å². The average molecular weight is 424 g/mol. The van der Waals surface area contributed by atoms with Gasteiger partial charge in [-0.3, -0.25) is 9.59 Å². The Morgan fingerprint density at radius 1 is 1.16 bits per heavy atom. The molecule has 4 rings (SSSR count). The van der Waals surface area contributed by atoms with Crippen LogP contribution in [0.25, 0.3) is 5.78 Å². The number of amides is 1. The van der Waals surface area contributed by atoms with Gasteiger partial charge in [0.25, 0.3) is 0 Å². The van der Waals surface area contributed by atoms with E-state index in [1.54, 1.807) is 11.1 Å². The van der Waals surface area contributed by atoms with E-state index < -0.39 is 17.2 Å². The van der Waals surface area contributed by atoms with E-state index in [0.29, 0.717) is 19.0 Å². The van der Waals surface area contributed by atoms with E-state index in [1.807, 2.05) is 30.3 Å². The summed E-state index contributed by atoms with van der Waals surface area (Å²) in [7, 11) is 0. The molecule has 31 heavy (non-hydrogen) atoms. The van der Waals surface area contributed by atoms with E-state index in [-0.39, 0.29) is 30.6 Å². The number of hydrogen-bond donors (Lipinski definition) is 1. The Bertz CT molecular complexity index is 1160. The molecule has 0 radical (unpaired) electrons. The van der Waals surface area contributed by atoms with Gasteiger partial charge in [-0.1, -0.05) is 37.3 Å². The highest BCUT2D eigenvalue weighted by Crippen LogP contribution is 2.18. The largest absolute Gasteiger partial charge is 0.481 e. The number of imidazole rings is 1. The van der Waals surface area contributed by atoms with Crippen LogP contribution < -0.4 is 10.3 Å². The molecule has 9 nitrogen and oxygen atoms in total. The SMILES string of the molecule is CC1CCN(C(=O)Cn2ccn3c(=O)c(OCc4ccccc4)c(C(=O)O)nc23)CC1. The van der Waals surface area contributed by atoms with Crippen molar-refractivity contribution in [2.24, 2.45) is 5.92 Å². The second-order valence-electron chi connectivity index (χ2n) is 7.83. The van der Waals surface area contributed by atoms with Crippen LogP contribution >= 0.6 is 0 Å². The number of ether oxygens (including phenoxy) is 1. The summed E-state index contributed by atoms with van der Waals surface area (Å²) in [5, 5.41) is 9.61. The molecular formula is C22H24N4O5. The first-order valence-corrected chi connectivity index (χ1v) is 10.2. The van der Waals surface area contributed by atoms with Gasteiger partial charge in [0.1, 0.15) is 13.2 Å². The third-order valence-electron chi connectivity index (χ3n) is 5.58. The molecule has 1 amide bonds. The number of benzene rings is 1. The van der Waals surface area contributed by atoms with Crippen LogP contribution in [0.1, 0.15) is 35.8 Å². The number of rotatable bonds is 6. The summed E-state index contributed by atoms with van der Waals surface area (Å²) in [6.07, 6.45) is 4.94. The van der Waals surface area contributed by atoms with Crippen molar-refractivity contribution in [1.29, 1.82) is 0 Å². The number of aromatic nitrogens is 3. The first kappa shape index (κ1) is 20.6. The third-order valence-corrected chi connectivity index (χ3v) is 5.58. The molecule has 2 aromatic heterocycles. The highest BCUT2D eigenvalue weighted by Gasteiger charge is 2.24. The molecule has 0 spiro atoms. The first-order valence-electron chi connectivity index (χ1n) is 10.2. The van der Waals surface area contributed by atoms with Crippen LogP contribution in [-0.4, -0.2) is 48.9 Å². The minimum atomic E-state index is -1.37. The number of fused-ring (bicyclic) bond motifs is 1. The summed E-state index contributed by atoms with van der Waals surface area (Å²) in [5.74, 6) is -1.09. The standard InChI is InChI=1S/C22H24N4O5/c1-15-7-9-24(10-8-15)17(27)13-25-11-12-26-20(28)19(18(21(29)30)23-22(25)26)31-14-16-5-3-2-4-6-16/h2-6,11-12,15H,7-10,13-14H2,1H3,(H,29,30). The number of carboxylic acids is 1. The van der Waals surface area contributed by atoms with Gasteiger partial charge < -0.3 is 19.3 Å². The molecule has 1 N–H and O–H groups in total. The van der Waals surface area contributed by atoms with Gasteiger partial charge in [-0.25, -0.2) is 14.2 Å². The average Bonchev–Trinajstić information content (AvgIpc) is 3.17. The third kappa shape index (κ3) is 4.30. The van der Waals surface area contributed by atoms with Crippen LogP contribution in [0.3, 0.4) is 0 Å². The zero-order valence-electron chi connectivity index (χ0n) is 17.2. The van der Waals surface area contributed by atoms with Crippen molar-refractivity contribution in [2.75, 3.05) is 13.1 Å². The normalized spacial score (nSPS) is 14.7. The van der Waals surface area contributed by atoms with Crippen molar-refractivity contribution < 1.29 is 19.4 Å². The maximum atomic E-state index is 12.9. The summed E-state index contributed by atoms with van der Waals surface area (Å²) in [5.41, 5.74) is -0.307. The quantitative estimate of drug-likeness (QED) is 0.649. The number of carbonyl (C=O) groups excluding carboxylic acids is 1. The van der Waals surface area contributed by atoms with E-state index in [2.05, 4.69) is 11.9 Å². The molecule has 3 aromatic rings. The van der Waals surface area contributed by atoms with Gasteiger partial charge in [0.05, 0.1) is 0 Å². The molecule has 9 heteroatoms. The smallest absolute Gasteiger partial charge is 0.358 e. The molecule has 1 aromatic carbocycles. The van der Waals surface area contributed by atoms with Crippen molar-refractivity contribution in [3.8, 4) is 5.75 Å². The van der Waals surface area contributed by atoms with Crippen LogP contribution in [-0.2, 0) is 17.9 Å². The molecule has 0 unspecified atom stereocenters. The maximum absolute atomic E-state index is 12.9. The molecule has 1 saturated heterocycles. The lowest BCUT2D eigenvalue weighted by atomic mass is 9.99. The summed E-state index contributed by atoms with van der Waals surface area (Å²) in [4.78, 5) is 43.4. The highest BCUT2D eigenvalue weighted by molar-refractivity contribution is 5.89. The van der Waals surface area contributed by atoms with E-state index >= 15 is 0 Å². The first-order chi connectivity index (χ1) is 14.9. The summed E-state index contributed by atoms with van der Waals surface area (Å²) < 4.78 is 8.26. The number of likely N-dealkylation sites (tertiary alicyclic amines) is 1. The summed E-state index contributed by atoms with van der Waals surface area (Å²) >= 11 is 0. The van der Waals surface area contributed by atoms with Crippen LogP contribution in [0.4, 0.5) is 0 Å². The molecule has 1 aliphatic rings. The lowest BCUT2D eigenvalue weighted by molar-refractivity contribution is -0.133. The van der Waals surface area contributed by atoms with Crippen molar-refractivity contribution in [3.05, 3.63) is 64.3 Å². The number of nitrogens with zero attached hydrogens (tertiary/aromatic N) is 4.